The van der Waals surface area contributed by atoms with Gasteiger partial charge in [0.05, 0.1) is 11.3 Å². The number of hydrogen-bond donors (Lipinski definition) is 3. The lowest BCUT2D eigenvalue weighted by Crippen LogP contribution is -2.32. The van der Waals surface area contributed by atoms with Crippen LogP contribution in [-0.4, -0.2) is 33.7 Å². The highest BCUT2D eigenvalue weighted by Crippen LogP contribution is 2.37. The predicted octanol–water partition coefficient (Wildman–Crippen LogP) is 6.84. The lowest BCUT2D eigenvalue weighted by atomic mass is 9.89. The summed E-state index contributed by atoms with van der Waals surface area (Å²) in [5.41, 5.74) is 11.7. The number of aryl methyl sites for hydroxylation is 1. The maximum absolute atomic E-state index is 11.4. The Bertz CT molecular complexity index is 1250. The van der Waals surface area contributed by atoms with Crippen molar-refractivity contribution in [3.05, 3.63) is 64.7 Å². The van der Waals surface area contributed by atoms with Gasteiger partial charge in [0.2, 0.25) is 11.8 Å². The predicted molar refractivity (Wildman–Crippen MR) is 151 cm³/mol. The Morgan fingerprint density at radius 2 is 1.84 bits per heavy atom. The quantitative estimate of drug-likeness (QED) is 0.248. The number of carboxylic acid groups (broad SMARTS) is 1. The molecular formula is C29H38N4O3S. The molecule has 0 saturated carbocycles. The van der Waals surface area contributed by atoms with Crippen molar-refractivity contribution >= 4 is 23.9 Å². The van der Waals surface area contributed by atoms with Crippen LogP contribution >= 0.6 is 11.9 Å². The van der Waals surface area contributed by atoms with Crippen LogP contribution < -0.4 is 15.2 Å². The number of carbonyl (C=O) groups is 1. The molecule has 0 aliphatic heterocycles. The number of anilines is 1. The Kier molecular flexibility index (Phi) is 9.21. The van der Waals surface area contributed by atoms with Gasteiger partial charge < -0.3 is 15.6 Å². The molecule has 0 aliphatic carbocycles. The van der Waals surface area contributed by atoms with Crippen molar-refractivity contribution in [3.8, 4) is 17.1 Å². The van der Waals surface area contributed by atoms with E-state index in [1.165, 1.54) is 17.5 Å². The first-order chi connectivity index (χ1) is 17.4. The zero-order chi connectivity index (χ0) is 27.3. The summed E-state index contributed by atoms with van der Waals surface area (Å²) in [5.74, 6) is 0.191. The molecule has 3 rings (SSSR count). The van der Waals surface area contributed by atoms with Crippen LogP contribution in [0.25, 0.3) is 11.3 Å². The second kappa shape index (κ2) is 12.0. The number of rotatable bonds is 10. The van der Waals surface area contributed by atoms with E-state index in [1.54, 1.807) is 18.2 Å². The topological polar surface area (TPSA) is 110 Å². The second-order valence-corrected chi connectivity index (χ2v) is 11.8. The summed E-state index contributed by atoms with van der Waals surface area (Å²) in [6.07, 6.45) is 0.820. The highest BCUT2D eigenvalue weighted by Gasteiger charge is 2.21. The Morgan fingerprint density at radius 3 is 2.49 bits per heavy atom. The Balaban J connectivity index is 2.01. The van der Waals surface area contributed by atoms with Gasteiger partial charge in [-0.1, -0.05) is 58.9 Å². The van der Waals surface area contributed by atoms with Crippen molar-refractivity contribution in [2.45, 2.75) is 71.7 Å². The van der Waals surface area contributed by atoms with Crippen LogP contribution in [0.4, 0.5) is 5.95 Å². The number of nitrogens with zero attached hydrogens (tertiary/aromatic N) is 2. The molecular weight excluding hydrogens is 484 g/mol. The molecule has 0 radical (unpaired) electrons. The highest BCUT2D eigenvalue weighted by atomic mass is 32.2. The fourth-order valence-electron chi connectivity index (χ4n) is 4.25. The van der Waals surface area contributed by atoms with Crippen molar-refractivity contribution in [2.24, 2.45) is 11.1 Å². The van der Waals surface area contributed by atoms with Crippen molar-refractivity contribution in [1.29, 1.82) is 0 Å². The average Bonchev–Trinajstić information content (AvgIpc) is 2.81. The number of hydrogen-bond acceptors (Lipinski definition) is 7. The SMILES string of the molecule is Cc1cccc(C(C)C)c1-c1nc(NSc2cccc(C(=O)O)c2)nc(OCC(N)CC(C)(C)C)c1C. The first kappa shape index (κ1) is 28.5. The van der Waals surface area contributed by atoms with E-state index in [4.69, 9.17) is 15.5 Å². The summed E-state index contributed by atoms with van der Waals surface area (Å²) in [6, 6.07) is 12.9. The highest BCUT2D eigenvalue weighted by molar-refractivity contribution is 8.00. The van der Waals surface area contributed by atoms with Gasteiger partial charge in [-0.25, -0.2) is 9.78 Å². The molecule has 37 heavy (non-hydrogen) atoms. The first-order valence-corrected chi connectivity index (χ1v) is 13.3. The molecule has 0 aliphatic rings. The Labute approximate surface area is 224 Å². The number of ether oxygens (including phenoxy) is 1. The van der Waals surface area contributed by atoms with Gasteiger partial charge in [-0.05, 0) is 72.9 Å². The largest absolute Gasteiger partial charge is 0.478 e. The van der Waals surface area contributed by atoms with E-state index in [2.05, 4.69) is 69.4 Å². The number of nitrogens with two attached hydrogens (primary N) is 1. The molecule has 0 spiro atoms. The third kappa shape index (κ3) is 7.69. The number of nitrogens with one attached hydrogen (secondary N) is 1. The van der Waals surface area contributed by atoms with Crippen molar-refractivity contribution < 1.29 is 14.6 Å². The summed E-state index contributed by atoms with van der Waals surface area (Å²) in [6.45, 7) is 15.2. The van der Waals surface area contributed by atoms with E-state index in [1.807, 2.05) is 13.0 Å². The molecule has 3 aromatic rings. The van der Waals surface area contributed by atoms with Gasteiger partial charge in [-0.3, -0.25) is 4.72 Å². The zero-order valence-electron chi connectivity index (χ0n) is 22.8. The summed E-state index contributed by atoms with van der Waals surface area (Å²) >= 11 is 1.25. The molecule has 4 N–H and O–H groups in total. The van der Waals surface area contributed by atoms with Gasteiger partial charge in [0.1, 0.15) is 6.61 Å². The summed E-state index contributed by atoms with van der Waals surface area (Å²) in [4.78, 5) is 21.7. The molecule has 7 nitrogen and oxygen atoms in total. The van der Waals surface area contributed by atoms with Crippen LogP contribution in [0.3, 0.4) is 0 Å². The van der Waals surface area contributed by atoms with Crippen molar-refractivity contribution in [3.63, 3.8) is 0 Å². The standard InChI is InChI=1S/C29H38N4O3S/c1-17(2)23-13-8-10-18(3)24(23)25-19(4)26(36-16-21(30)15-29(5,6)7)32-28(31-25)33-37-22-12-9-11-20(14-22)27(34)35/h8-14,17,21H,15-16,30H2,1-7H3,(H,34,35)(H,31,32,33). The smallest absolute Gasteiger partial charge is 0.335 e. The zero-order valence-corrected chi connectivity index (χ0v) is 23.6. The van der Waals surface area contributed by atoms with Gasteiger partial charge in [-0.2, -0.15) is 4.98 Å². The summed E-state index contributed by atoms with van der Waals surface area (Å²) in [5, 5.41) is 9.31. The van der Waals surface area contributed by atoms with E-state index < -0.39 is 5.97 Å². The summed E-state index contributed by atoms with van der Waals surface area (Å²) in [7, 11) is 0. The maximum atomic E-state index is 11.4. The van der Waals surface area contributed by atoms with Gasteiger partial charge >= 0.3 is 5.97 Å². The number of aromatic carboxylic acids is 1. The third-order valence-corrected chi connectivity index (χ3v) is 6.69. The lowest BCUT2D eigenvalue weighted by molar-refractivity contribution is 0.0696. The van der Waals surface area contributed by atoms with Crippen LogP contribution in [0, 0.1) is 19.3 Å². The fourth-order valence-corrected chi connectivity index (χ4v) is 4.88. The van der Waals surface area contributed by atoms with E-state index >= 15 is 0 Å². The molecule has 198 valence electrons. The minimum atomic E-state index is -0.973. The molecule has 0 saturated heterocycles. The maximum Gasteiger partial charge on any atom is 0.335 e. The Morgan fingerprint density at radius 1 is 1.14 bits per heavy atom. The molecule has 1 atom stereocenters. The molecule has 0 amide bonds. The molecule has 2 aromatic carbocycles. The van der Waals surface area contributed by atoms with Gasteiger partial charge in [0, 0.05) is 22.1 Å². The molecule has 1 aromatic heterocycles. The van der Waals surface area contributed by atoms with Crippen LogP contribution in [-0.2, 0) is 0 Å². The lowest BCUT2D eigenvalue weighted by Gasteiger charge is -2.24. The van der Waals surface area contributed by atoms with Gasteiger partial charge in [-0.15, -0.1) is 0 Å². The Hall–Kier alpha value is -3.10. The average molecular weight is 523 g/mol. The van der Waals surface area contributed by atoms with E-state index in [0.717, 1.165) is 33.7 Å². The van der Waals surface area contributed by atoms with Crippen LogP contribution in [0.15, 0.2) is 47.4 Å². The molecule has 0 fully saturated rings. The minimum Gasteiger partial charge on any atom is -0.478 e. The fraction of sp³-hybridized carbons (Fsp3) is 0.414. The van der Waals surface area contributed by atoms with E-state index in [-0.39, 0.29) is 17.0 Å². The van der Waals surface area contributed by atoms with Crippen LogP contribution in [0.5, 0.6) is 5.88 Å². The normalized spacial score (nSPS) is 12.5. The monoisotopic (exact) mass is 522 g/mol. The summed E-state index contributed by atoms with van der Waals surface area (Å²) < 4.78 is 9.38. The molecule has 1 unspecified atom stereocenters. The third-order valence-electron chi connectivity index (χ3n) is 5.91. The molecule has 8 heteroatoms. The van der Waals surface area contributed by atoms with Gasteiger partial charge in [0.25, 0.3) is 0 Å². The van der Waals surface area contributed by atoms with E-state index in [9.17, 15) is 9.90 Å². The second-order valence-electron chi connectivity index (χ2n) is 10.9. The van der Waals surface area contributed by atoms with Crippen LogP contribution in [0.2, 0.25) is 0 Å². The van der Waals surface area contributed by atoms with Crippen molar-refractivity contribution in [2.75, 3.05) is 11.3 Å². The van der Waals surface area contributed by atoms with Crippen molar-refractivity contribution in [1.82, 2.24) is 9.97 Å². The van der Waals surface area contributed by atoms with Gasteiger partial charge in [0.15, 0.2) is 0 Å². The van der Waals surface area contributed by atoms with E-state index in [0.29, 0.717) is 24.4 Å². The first-order valence-electron chi connectivity index (χ1n) is 12.5. The minimum absolute atomic E-state index is 0.0931. The number of aromatic nitrogens is 2. The number of benzene rings is 2. The molecule has 0 bridgehead atoms. The van der Waals surface area contributed by atoms with Crippen LogP contribution in [0.1, 0.15) is 74.0 Å². The number of carboxylic acids is 1. The molecule has 1 heterocycles.